The Hall–Kier alpha value is -1.75. The van der Waals surface area contributed by atoms with Crippen molar-refractivity contribution in [2.24, 2.45) is 0 Å². The van der Waals surface area contributed by atoms with Crippen molar-refractivity contribution in [3.05, 3.63) is 23.8 Å². The van der Waals surface area contributed by atoms with Crippen molar-refractivity contribution < 1.29 is 14.3 Å². The van der Waals surface area contributed by atoms with Crippen LogP contribution in [0.15, 0.2) is 18.2 Å². The lowest BCUT2D eigenvalue weighted by atomic mass is 10.1. The maximum Gasteiger partial charge on any atom is 0.222 e. The van der Waals surface area contributed by atoms with Gasteiger partial charge in [0.25, 0.3) is 0 Å². The molecule has 2 fully saturated rings. The molecular formula is C20H30N2O3. The molecule has 1 aromatic rings. The minimum atomic E-state index is 0.246. The number of rotatable bonds is 6. The first kappa shape index (κ1) is 18.1. The molecule has 0 N–H and O–H groups in total. The van der Waals surface area contributed by atoms with Gasteiger partial charge >= 0.3 is 0 Å². The van der Waals surface area contributed by atoms with E-state index in [1.807, 2.05) is 23.1 Å². The predicted octanol–water partition coefficient (Wildman–Crippen LogP) is 2.72. The van der Waals surface area contributed by atoms with Crippen molar-refractivity contribution in [3.63, 3.8) is 0 Å². The summed E-state index contributed by atoms with van der Waals surface area (Å²) in [6, 6.07) is 6.51. The lowest BCUT2D eigenvalue weighted by Crippen LogP contribution is -2.51. The van der Waals surface area contributed by atoms with E-state index in [0.29, 0.717) is 12.8 Å². The Morgan fingerprint density at radius 2 is 1.80 bits per heavy atom. The van der Waals surface area contributed by atoms with E-state index in [9.17, 15) is 4.79 Å². The summed E-state index contributed by atoms with van der Waals surface area (Å²) in [6.45, 7) is 3.78. The van der Waals surface area contributed by atoms with Gasteiger partial charge in [-0.2, -0.15) is 0 Å². The average molecular weight is 346 g/mol. The fraction of sp³-hybridized carbons (Fsp3) is 0.650. The number of carbonyl (C=O) groups is 1. The first-order valence-electron chi connectivity index (χ1n) is 9.44. The Balaban J connectivity index is 1.50. The number of methoxy groups -OCH3 is 2. The van der Waals surface area contributed by atoms with Gasteiger partial charge in [0.15, 0.2) is 0 Å². The van der Waals surface area contributed by atoms with E-state index in [0.717, 1.165) is 49.3 Å². The smallest absolute Gasteiger partial charge is 0.222 e. The molecule has 5 nitrogen and oxygen atoms in total. The zero-order valence-corrected chi connectivity index (χ0v) is 15.5. The Labute approximate surface area is 150 Å². The highest BCUT2D eigenvalue weighted by molar-refractivity contribution is 5.76. The van der Waals surface area contributed by atoms with E-state index in [1.54, 1.807) is 14.2 Å². The van der Waals surface area contributed by atoms with Crippen LogP contribution in [0.5, 0.6) is 11.5 Å². The third-order valence-corrected chi connectivity index (χ3v) is 5.60. The monoisotopic (exact) mass is 346 g/mol. The molecule has 0 unspecified atom stereocenters. The molecule has 0 spiro atoms. The van der Waals surface area contributed by atoms with Crippen molar-refractivity contribution in [2.75, 3.05) is 40.4 Å². The molecular weight excluding hydrogens is 316 g/mol. The molecule has 1 heterocycles. The number of hydrogen-bond donors (Lipinski definition) is 0. The van der Waals surface area contributed by atoms with Crippen LogP contribution in [-0.4, -0.2) is 62.1 Å². The number of carbonyl (C=O) groups excluding carboxylic acids is 1. The van der Waals surface area contributed by atoms with Gasteiger partial charge in [-0.3, -0.25) is 9.69 Å². The van der Waals surface area contributed by atoms with Crippen molar-refractivity contribution in [3.8, 4) is 11.5 Å². The molecule has 1 amide bonds. The van der Waals surface area contributed by atoms with Crippen molar-refractivity contribution >= 4 is 5.91 Å². The highest BCUT2D eigenvalue weighted by atomic mass is 16.5. The van der Waals surface area contributed by atoms with Gasteiger partial charge in [-0.05, 0) is 43.0 Å². The molecule has 1 saturated carbocycles. The molecule has 25 heavy (non-hydrogen) atoms. The zero-order chi connectivity index (χ0) is 17.6. The van der Waals surface area contributed by atoms with E-state index in [1.165, 1.54) is 25.7 Å². The average Bonchev–Trinajstić information content (AvgIpc) is 3.20. The van der Waals surface area contributed by atoms with Gasteiger partial charge in [0.1, 0.15) is 11.5 Å². The second-order valence-electron chi connectivity index (χ2n) is 7.03. The van der Waals surface area contributed by atoms with Crippen LogP contribution >= 0.6 is 0 Å². The molecule has 1 aromatic carbocycles. The summed E-state index contributed by atoms with van der Waals surface area (Å²) in [6.07, 6.45) is 6.61. The maximum absolute atomic E-state index is 12.6. The Bertz CT molecular complexity index is 576. The van der Waals surface area contributed by atoms with Gasteiger partial charge in [0.05, 0.1) is 14.2 Å². The van der Waals surface area contributed by atoms with E-state index < -0.39 is 0 Å². The Kier molecular flexibility index (Phi) is 6.19. The lowest BCUT2D eigenvalue weighted by molar-refractivity contribution is -0.133. The van der Waals surface area contributed by atoms with Gasteiger partial charge in [-0.15, -0.1) is 0 Å². The molecule has 1 saturated heterocycles. The van der Waals surface area contributed by atoms with E-state index in [2.05, 4.69) is 4.90 Å². The summed E-state index contributed by atoms with van der Waals surface area (Å²) < 4.78 is 10.7. The standard InChI is InChI=1S/C20H30N2O3/c1-24-18-8-9-19(25-2)16(15-18)7-10-20(23)22-13-11-21(12-14-22)17-5-3-4-6-17/h8-9,15,17H,3-7,10-14H2,1-2H3. The summed E-state index contributed by atoms with van der Waals surface area (Å²) in [4.78, 5) is 17.2. The number of nitrogens with zero attached hydrogens (tertiary/aromatic N) is 2. The first-order chi connectivity index (χ1) is 12.2. The summed E-state index contributed by atoms with van der Waals surface area (Å²) >= 11 is 0. The van der Waals surface area contributed by atoms with Crippen LogP contribution in [0.3, 0.4) is 0 Å². The SMILES string of the molecule is COc1ccc(OC)c(CCC(=O)N2CCN(C3CCCC3)CC2)c1. The molecule has 1 aliphatic heterocycles. The number of benzene rings is 1. The molecule has 0 bridgehead atoms. The number of ether oxygens (including phenoxy) is 2. The molecule has 2 aliphatic rings. The molecule has 3 rings (SSSR count). The Morgan fingerprint density at radius 3 is 2.44 bits per heavy atom. The van der Waals surface area contributed by atoms with Gasteiger partial charge < -0.3 is 14.4 Å². The van der Waals surface area contributed by atoms with E-state index >= 15 is 0 Å². The minimum Gasteiger partial charge on any atom is -0.497 e. The summed E-state index contributed by atoms with van der Waals surface area (Å²) in [5, 5.41) is 0. The summed E-state index contributed by atoms with van der Waals surface area (Å²) in [7, 11) is 3.32. The number of hydrogen-bond acceptors (Lipinski definition) is 4. The summed E-state index contributed by atoms with van der Waals surface area (Å²) in [5.41, 5.74) is 1.03. The van der Waals surface area contributed by atoms with Crippen LogP contribution in [0.2, 0.25) is 0 Å². The van der Waals surface area contributed by atoms with Crippen molar-refractivity contribution in [1.29, 1.82) is 0 Å². The second-order valence-corrected chi connectivity index (χ2v) is 7.03. The third-order valence-electron chi connectivity index (χ3n) is 5.60. The third kappa shape index (κ3) is 4.46. The van der Waals surface area contributed by atoms with E-state index in [-0.39, 0.29) is 5.91 Å². The number of amides is 1. The predicted molar refractivity (Wildman–Crippen MR) is 98.3 cm³/mol. The molecule has 138 valence electrons. The van der Waals surface area contributed by atoms with Gasteiger partial charge in [0.2, 0.25) is 5.91 Å². The van der Waals surface area contributed by atoms with E-state index in [4.69, 9.17) is 9.47 Å². The number of aryl methyl sites for hydroxylation is 1. The van der Waals surface area contributed by atoms with Crippen molar-refractivity contribution in [2.45, 2.75) is 44.6 Å². The van der Waals surface area contributed by atoms with Gasteiger partial charge in [-0.25, -0.2) is 0 Å². The highest BCUT2D eigenvalue weighted by Gasteiger charge is 2.27. The molecule has 0 radical (unpaired) electrons. The molecule has 0 aromatic heterocycles. The maximum atomic E-state index is 12.6. The second kappa shape index (κ2) is 8.56. The minimum absolute atomic E-state index is 0.246. The topological polar surface area (TPSA) is 42.0 Å². The largest absolute Gasteiger partial charge is 0.497 e. The van der Waals surface area contributed by atoms with Crippen LogP contribution < -0.4 is 9.47 Å². The normalized spacial score (nSPS) is 19.2. The van der Waals surface area contributed by atoms with Gasteiger partial charge in [0, 0.05) is 38.6 Å². The lowest BCUT2D eigenvalue weighted by Gasteiger charge is -2.38. The Morgan fingerprint density at radius 1 is 1.08 bits per heavy atom. The zero-order valence-electron chi connectivity index (χ0n) is 15.5. The molecule has 1 aliphatic carbocycles. The summed E-state index contributed by atoms with van der Waals surface area (Å²) in [5.74, 6) is 1.86. The van der Waals surface area contributed by atoms with Crippen LogP contribution in [-0.2, 0) is 11.2 Å². The quantitative estimate of drug-likeness (QED) is 0.794. The fourth-order valence-corrected chi connectivity index (χ4v) is 4.08. The highest BCUT2D eigenvalue weighted by Crippen LogP contribution is 2.26. The van der Waals surface area contributed by atoms with Gasteiger partial charge in [-0.1, -0.05) is 12.8 Å². The van der Waals surface area contributed by atoms with Crippen LogP contribution in [0.1, 0.15) is 37.7 Å². The number of piperazine rings is 1. The first-order valence-corrected chi connectivity index (χ1v) is 9.44. The van der Waals surface area contributed by atoms with Crippen LogP contribution in [0.25, 0.3) is 0 Å². The molecule has 0 atom stereocenters. The van der Waals surface area contributed by atoms with Crippen molar-refractivity contribution in [1.82, 2.24) is 9.80 Å². The fourth-order valence-electron chi connectivity index (χ4n) is 4.08. The van der Waals surface area contributed by atoms with Crippen LogP contribution in [0.4, 0.5) is 0 Å². The molecule has 5 heteroatoms. The van der Waals surface area contributed by atoms with Crippen LogP contribution in [0, 0.1) is 0 Å².